The fourth-order valence-electron chi connectivity index (χ4n) is 5.09. The first-order valence-corrected chi connectivity index (χ1v) is 15.4. The predicted molar refractivity (Wildman–Crippen MR) is 157 cm³/mol. The van der Waals surface area contributed by atoms with Crippen LogP contribution < -0.4 is 15.8 Å². The Balaban J connectivity index is 1.46. The van der Waals surface area contributed by atoms with Crippen LogP contribution in [0.5, 0.6) is 0 Å². The minimum atomic E-state index is -3.60. The average molecular weight is 582 g/mol. The Hall–Kier alpha value is -3.67. The first kappa shape index (κ1) is 27.9. The van der Waals surface area contributed by atoms with Crippen LogP contribution in [0.25, 0.3) is 5.65 Å². The average Bonchev–Trinajstić information content (AvgIpc) is 3.34. The van der Waals surface area contributed by atoms with Gasteiger partial charge in [0.25, 0.3) is 5.91 Å². The molecule has 0 radical (unpaired) electrons. The molecule has 2 aromatic carbocycles. The van der Waals surface area contributed by atoms with Gasteiger partial charge in [-0.15, -0.1) is 0 Å². The van der Waals surface area contributed by atoms with Gasteiger partial charge in [-0.2, -0.15) is 5.10 Å². The predicted octanol–water partition coefficient (Wildman–Crippen LogP) is 4.54. The zero-order chi connectivity index (χ0) is 28.4. The lowest BCUT2D eigenvalue weighted by Crippen LogP contribution is -2.39. The van der Waals surface area contributed by atoms with E-state index in [4.69, 9.17) is 27.4 Å². The fourth-order valence-corrected chi connectivity index (χ4v) is 5.83. The largest absolute Gasteiger partial charge is 0.362 e. The summed E-state index contributed by atoms with van der Waals surface area (Å²) in [5.41, 5.74) is 9.80. The Morgan fingerprint density at radius 1 is 1.18 bits per heavy atom. The van der Waals surface area contributed by atoms with Crippen molar-refractivity contribution in [3.8, 4) is 0 Å². The molecule has 1 unspecified atom stereocenters. The van der Waals surface area contributed by atoms with Crippen LogP contribution in [0.4, 0.5) is 11.5 Å². The molecule has 1 aliphatic rings. The fraction of sp³-hybridized carbons (Fsp3) is 0.321. The summed E-state index contributed by atoms with van der Waals surface area (Å²) >= 11 is 6.21. The number of nitrogens with one attached hydrogen (secondary N) is 2. The summed E-state index contributed by atoms with van der Waals surface area (Å²) in [6.07, 6.45) is 5.44. The zero-order valence-electron chi connectivity index (χ0n) is 22.3. The van der Waals surface area contributed by atoms with E-state index in [1.54, 1.807) is 15.5 Å². The second-order valence-electron chi connectivity index (χ2n) is 10.1. The van der Waals surface area contributed by atoms with E-state index in [0.717, 1.165) is 42.3 Å². The van der Waals surface area contributed by atoms with Gasteiger partial charge in [0.05, 0.1) is 35.3 Å². The maximum Gasteiger partial charge on any atom is 0.256 e. The van der Waals surface area contributed by atoms with Crippen LogP contribution in [0.15, 0.2) is 60.8 Å². The van der Waals surface area contributed by atoms with E-state index in [2.05, 4.69) is 10.0 Å². The quantitative estimate of drug-likeness (QED) is 0.278. The van der Waals surface area contributed by atoms with Gasteiger partial charge in [0.15, 0.2) is 5.65 Å². The molecule has 0 spiro atoms. The number of amides is 1. The first-order chi connectivity index (χ1) is 19.1. The number of nitrogens with two attached hydrogens (primary N) is 1. The van der Waals surface area contributed by atoms with Gasteiger partial charge in [-0.05, 0) is 49.9 Å². The number of sulfonamides is 1. The molecule has 4 aromatic rings. The van der Waals surface area contributed by atoms with Crippen LogP contribution in [0.1, 0.15) is 58.5 Å². The van der Waals surface area contributed by atoms with E-state index in [1.165, 1.54) is 12.1 Å². The number of hydrogen-bond acceptors (Lipinski definition) is 7. The smallest absolute Gasteiger partial charge is 0.256 e. The highest BCUT2D eigenvalue weighted by molar-refractivity contribution is 7.92. The third-order valence-electron chi connectivity index (χ3n) is 7.01. The summed E-state index contributed by atoms with van der Waals surface area (Å²) in [6.45, 7) is 2.87. The molecule has 2 atom stereocenters. The number of hydrogen-bond donors (Lipinski definition) is 3. The van der Waals surface area contributed by atoms with Crippen molar-refractivity contribution >= 4 is 44.7 Å². The molecular weight excluding hydrogens is 550 g/mol. The number of nitrogens with zero attached hydrogens (tertiary/aromatic N) is 4. The van der Waals surface area contributed by atoms with Crippen LogP contribution in [-0.4, -0.2) is 53.2 Å². The normalized spacial score (nSPS) is 16.6. The molecule has 0 aliphatic carbocycles. The van der Waals surface area contributed by atoms with Crippen LogP contribution in [0, 0.1) is 6.92 Å². The van der Waals surface area contributed by atoms with Gasteiger partial charge in [-0.25, -0.2) is 17.9 Å². The number of piperidine rings is 1. The second kappa shape index (κ2) is 11.4. The molecule has 1 saturated heterocycles. The van der Waals surface area contributed by atoms with Crippen molar-refractivity contribution in [3.05, 3.63) is 88.2 Å². The number of anilines is 2. The Morgan fingerprint density at radius 3 is 2.67 bits per heavy atom. The Morgan fingerprint density at radius 2 is 1.95 bits per heavy atom. The summed E-state index contributed by atoms with van der Waals surface area (Å²) in [5, 5.41) is 8.60. The molecule has 10 nitrogen and oxygen atoms in total. The number of halogens is 1. The summed E-state index contributed by atoms with van der Waals surface area (Å²) in [4.78, 5) is 20.4. The second-order valence-corrected chi connectivity index (χ2v) is 12.2. The number of fused-ring (bicyclic) bond motifs is 1. The van der Waals surface area contributed by atoms with Crippen molar-refractivity contribution < 1.29 is 13.2 Å². The lowest BCUT2D eigenvalue weighted by molar-refractivity contribution is 0.0607. The van der Waals surface area contributed by atoms with Crippen LogP contribution in [0.2, 0.25) is 5.02 Å². The number of rotatable bonds is 8. The number of carbonyl (C=O) groups excluding carboxylic acids is 1. The summed E-state index contributed by atoms with van der Waals surface area (Å²) in [5.74, 6) is 0.404. The summed E-state index contributed by atoms with van der Waals surface area (Å²) in [7, 11) is -3.60. The van der Waals surface area contributed by atoms with Crippen LogP contribution >= 0.6 is 11.6 Å². The van der Waals surface area contributed by atoms with Crippen molar-refractivity contribution in [2.24, 2.45) is 5.73 Å². The van der Waals surface area contributed by atoms with E-state index in [9.17, 15) is 13.2 Å². The van der Waals surface area contributed by atoms with E-state index in [0.29, 0.717) is 29.6 Å². The van der Waals surface area contributed by atoms with Crippen molar-refractivity contribution in [1.82, 2.24) is 19.5 Å². The lowest BCUT2D eigenvalue weighted by atomic mass is 9.98. The summed E-state index contributed by atoms with van der Waals surface area (Å²) < 4.78 is 28.0. The van der Waals surface area contributed by atoms with Gasteiger partial charge >= 0.3 is 0 Å². The molecule has 1 fully saturated rings. The Bertz CT molecular complexity index is 1640. The Labute approximate surface area is 238 Å². The van der Waals surface area contributed by atoms with Crippen LogP contribution in [0.3, 0.4) is 0 Å². The highest BCUT2D eigenvalue weighted by atomic mass is 35.5. The molecule has 40 heavy (non-hydrogen) atoms. The molecule has 12 heteroatoms. The van der Waals surface area contributed by atoms with Crippen LogP contribution in [-0.2, 0) is 10.0 Å². The molecule has 4 N–H and O–H groups in total. The first-order valence-electron chi connectivity index (χ1n) is 13.1. The summed E-state index contributed by atoms with van der Waals surface area (Å²) in [6, 6.07) is 16.0. The number of aromatic nitrogens is 3. The molecular formula is C28H32ClN7O3S. The van der Waals surface area contributed by atoms with Crippen molar-refractivity contribution in [1.29, 1.82) is 0 Å². The highest BCUT2D eigenvalue weighted by Gasteiger charge is 2.32. The standard InChI is InChI=1S/C28H32ClN7O3S/c1-18-17-36-26(32-27(18)31-24(16-30)19-8-4-3-5-9-19)15-23(33-36)25-10-6-7-13-35(25)28(37)21-14-20(29)11-12-22(21)34-40(2,38)39/h3-5,8-9,11-12,14-15,17,24-25,34H,6-7,10,13,16,30H2,1-2H3,(H,31,32)/t24?,25-/m0/s1. The third kappa shape index (κ3) is 6.06. The number of aryl methyl sites for hydroxylation is 1. The van der Waals surface area contributed by atoms with Gasteiger partial charge in [-0.3, -0.25) is 9.52 Å². The molecule has 3 heterocycles. The molecule has 0 bridgehead atoms. The minimum Gasteiger partial charge on any atom is -0.362 e. The zero-order valence-corrected chi connectivity index (χ0v) is 23.9. The van der Waals surface area contributed by atoms with Gasteiger partial charge in [0.2, 0.25) is 10.0 Å². The van der Waals surface area contributed by atoms with E-state index in [-0.39, 0.29) is 29.2 Å². The molecule has 0 saturated carbocycles. The van der Waals surface area contributed by atoms with Crippen molar-refractivity contribution in [2.45, 2.75) is 38.3 Å². The van der Waals surface area contributed by atoms with Gasteiger partial charge in [-0.1, -0.05) is 41.9 Å². The minimum absolute atomic E-state index is 0.101. The number of benzene rings is 2. The maximum absolute atomic E-state index is 13.8. The van der Waals surface area contributed by atoms with Gasteiger partial charge in [0, 0.05) is 35.9 Å². The van der Waals surface area contributed by atoms with E-state index in [1.807, 2.05) is 49.5 Å². The lowest BCUT2D eigenvalue weighted by Gasteiger charge is -2.35. The molecule has 1 amide bonds. The third-order valence-corrected chi connectivity index (χ3v) is 7.84. The number of likely N-dealkylation sites (tertiary alicyclic amines) is 1. The van der Waals surface area contributed by atoms with E-state index < -0.39 is 10.0 Å². The SMILES string of the molecule is Cc1cn2nc([C@@H]3CCCCN3C(=O)c3cc(Cl)ccc3NS(C)(=O)=O)cc2nc1NC(CN)c1ccccc1. The molecule has 2 aromatic heterocycles. The maximum atomic E-state index is 13.8. The van der Waals surface area contributed by atoms with Crippen molar-refractivity contribution in [3.63, 3.8) is 0 Å². The molecule has 1 aliphatic heterocycles. The topological polar surface area (TPSA) is 135 Å². The molecule has 5 rings (SSSR count). The monoisotopic (exact) mass is 581 g/mol. The molecule has 210 valence electrons. The number of carbonyl (C=O) groups is 1. The van der Waals surface area contributed by atoms with Crippen molar-refractivity contribution in [2.75, 3.05) is 29.4 Å². The van der Waals surface area contributed by atoms with E-state index >= 15 is 0 Å². The Kier molecular flexibility index (Phi) is 7.97. The highest BCUT2D eigenvalue weighted by Crippen LogP contribution is 2.34. The van der Waals surface area contributed by atoms with Gasteiger partial charge in [0.1, 0.15) is 5.82 Å². The van der Waals surface area contributed by atoms with Gasteiger partial charge < -0.3 is 16.0 Å².